The third-order valence-electron chi connectivity index (χ3n) is 6.55. The summed E-state index contributed by atoms with van der Waals surface area (Å²) in [6.45, 7) is 3.93. The van der Waals surface area contributed by atoms with Crippen molar-refractivity contribution in [2.24, 2.45) is 5.92 Å². The first-order chi connectivity index (χ1) is 14.3. The Morgan fingerprint density at radius 2 is 1.87 bits per heavy atom. The predicted molar refractivity (Wildman–Crippen MR) is 110 cm³/mol. The Morgan fingerprint density at radius 1 is 1.17 bits per heavy atom. The van der Waals surface area contributed by atoms with E-state index < -0.39 is 6.04 Å². The summed E-state index contributed by atoms with van der Waals surface area (Å²) >= 11 is 0. The van der Waals surface area contributed by atoms with E-state index in [9.17, 15) is 14.4 Å². The van der Waals surface area contributed by atoms with Crippen LogP contribution in [0.1, 0.15) is 37.4 Å². The van der Waals surface area contributed by atoms with Crippen molar-refractivity contribution in [2.45, 2.75) is 37.8 Å². The Balaban J connectivity index is 0.000000806. The third kappa shape index (κ3) is 4.12. The molecule has 4 atom stereocenters. The molecule has 3 aliphatic heterocycles. The van der Waals surface area contributed by atoms with E-state index in [1.807, 2.05) is 30.0 Å². The van der Waals surface area contributed by atoms with Crippen LogP contribution in [-0.4, -0.2) is 89.0 Å². The Bertz CT molecular complexity index is 867. The minimum Gasteiger partial charge on any atom is -0.483 e. The fraction of sp³-hybridized carbons (Fsp3) is 0.619. The van der Waals surface area contributed by atoms with Crippen LogP contribution in [0.4, 0.5) is 0 Å². The highest BCUT2D eigenvalue weighted by atomic mass is 16.3. The Hall–Kier alpha value is -2.68. The molecule has 1 aromatic rings. The Kier molecular flexibility index (Phi) is 6.60. The van der Waals surface area contributed by atoms with E-state index in [-0.39, 0.29) is 35.7 Å². The lowest BCUT2D eigenvalue weighted by Crippen LogP contribution is -2.54. The van der Waals surface area contributed by atoms with E-state index >= 15 is 0 Å². The van der Waals surface area contributed by atoms with E-state index in [4.69, 9.17) is 9.90 Å². The lowest BCUT2D eigenvalue weighted by molar-refractivity contribution is -0.140. The van der Waals surface area contributed by atoms with Gasteiger partial charge in [0.05, 0.1) is 0 Å². The zero-order chi connectivity index (χ0) is 22.0. The van der Waals surface area contributed by atoms with Crippen molar-refractivity contribution in [3.05, 3.63) is 34.2 Å². The molecule has 0 aromatic carbocycles. The molecule has 9 nitrogen and oxygen atoms in total. The van der Waals surface area contributed by atoms with Crippen molar-refractivity contribution in [1.29, 1.82) is 0 Å². The lowest BCUT2D eigenvalue weighted by atomic mass is 9.78. The number of rotatable bonds is 2. The number of aromatic nitrogens is 1. The number of hydrogen-bond acceptors (Lipinski definition) is 5. The molecule has 2 bridgehead atoms. The second kappa shape index (κ2) is 8.99. The summed E-state index contributed by atoms with van der Waals surface area (Å²) in [6.07, 6.45) is 1.81. The molecule has 0 aliphatic carbocycles. The molecule has 0 unspecified atom stereocenters. The highest BCUT2D eigenvalue weighted by Crippen LogP contribution is 2.42. The zero-order valence-corrected chi connectivity index (χ0v) is 17.7. The smallest absolute Gasteiger partial charge is 0.290 e. The van der Waals surface area contributed by atoms with Crippen LogP contribution in [0.3, 0.4) is 0 Å². The van der Waals surface area contributed by atoms with Crippen LogP contribution < -0.4 is 5.56 Å². The minimum atomic E-state index is -0.506. The van der Waals surface area contributed by atoms with Gasteiger partial charge in [-0.05, 0) is 33.0 Å². The molecule has 0 radical (unpaired) electrons. The van der Waals surface area contributed by atoms with Crippen molar-refractivity contribution < 1.29 is 19.5 Å². The summed E-state index contributed by atoms with van der Waals surface area (Å²) < 4.78 is 1.72. The van der Waals surface area contributed by atoms with E-state index in [1.54, 1.807) is 23.6 Å². The van der Waals surface area contributed by atoms with E-state index in [1.165, 1.54) is 0 Å². The number of nitrogens with zero attached hydrogens (tertiary/aromatic N) is 4. The summed E-state index contributed by atoms with van der Waals surface area (Å²) in [5.41, 5.74) is 0.784. The summed E-state index contributed by atoms with van der Waals surface area (Å²) in [4.78, 5) is 52.5. The lowest BCUT2D eigenvalue weighted by Gasteiger charge is -2.46. The van der Waals surface area contributed by atoms with Gasteiger partial charge in [-0.3, -0.25) is 23.7 Å². The second-order valence-electron chi connectivity index (χ2n) is 8.52. The van der Waals surface area contributed by atoms with Gasteiger partial charge in [0.2, 0.25) is 11.8 Å². The maximum atomic E-state index is 13.5. The van der Waals surface area contributed by atoms with Gasteiger partial charge in [-0.15, -0.1) is 0 Å². The highest BCUT2D eigenvalue weighted by Gasteiger charge is 2.46. The maximum absolute atomic E-state index is 13.5. The number of fused-ring (bicyclic) bond motifs is 4. The van der Waals surface area contributed by atoms with Gasteiger partial charge in [-0.1, -0.05) is 6.07 Å². The number of hydrogen-bond donors (Lipinski definition) is 1. The van der Waals surface area contributed by atoms with Crippen LogP contribution in [-0.2, 0) is 14.4 Å². The fourth-order valence-corrected chi connectivity index (χ4v) is 5.06. The standard InChI is InChI=1S/C20H28N4O3.CH2O2/c1-13(25)23-10-14-9-15(11-23)19(24-17(14)5-4-6-18(24)26)20(27)22-8-7-16(12-22)21(2)3;2-1-3/h4-6,14-16,19H,7-12H2,1-3H3;1H,(H,2,3)/t14-,15+,16+,19-;/m1./s1. The van der Waals surface area contributed by atoms with Gasteiger partial charge in [-0.25, -0.2) is 0 Å². The van der Waals surface area contributed by atoms with Gasteiger partial charge in [-0.2, -0.15) is 0 Å². The molecule has 3 aliphatic rings. The first kappa shape index (κ1) is 22.0. The monoisotopic (exact) mass is 418 g/mol. The average Bonchev–Trinajstić information content (AvgIpc) is 3.20. The van der Waals surface area contributed by atoms with E-state index in [2.05, 4.69) is 4.90 Å². The van der Waals surface area contributed by atoms with Gasteiger partial charge >= 0.3 is 0 Å². The van der Waals surface area contributed by atoms with Gasteiger partial charge in [0.1, 0.15) is 6.04 Å². The van der Waals surface area contributed by atoms with Gasteiger partial charge < -0.3 is 19.8 Å². The molecule has 4 heterocycles. The van der Waals surface area contributed by atoms with Crippen LogP contribution in [0.2, 0.25) is 0 Å². The first-order valence-corrected chi connectivity index (χ1v) is 10.3. The SMILES string of the molecule is CC(=O)N1C[C@H]2C[C@@H](C1)[C@H](C(=O)N1CC[C@H](N(C)C)C1)n1c2cccc1=O.O=CO. The van der Waals surface area contributed by atoms with Crippen LogP contribution in [0.15, 0.2) is 23.0 Å². The van der Waals surface area contributed by atoms with E-state index in [0.717, 1.165) is 25.1 Å². The average molecular weight is 418 g/mol. The number of likely N-dealkylation sites (tertiary alicyclic amines) is 2. The number of carboxylic acid groups (broad SMARTS) is 1. The molecule has 4 rings (SSSR count). The van der Waals surface area contributed by atoms with Crippen molar-refractivity contribution in [3.63, 3.8) is 0 Å². The van der Waals surface area contributed by atoms with Gasteiger partial charge in [0.25, 0.3) is 12.0 Å². The maximum Gasteiger partial charge on any atom is 0.290 e. The van der Waals surface area contributed by atoms with Crippen molar-refractivity contribution in [2.75, 3.05) is 40.3 Å². The Labute approximate surface area is 175 Å². The number of piperidine rings is 1. The number of carbonyl (C=O) groups is 3. The molecule has 164 valence electrons. The summed E-state index contributed by atoms with van der Waals surface area (Å²) in [7, 11) is 4.07. The van der Waals surface area contributed by atoms with Crippen molar-refractivity contribution in [1.82, 2.24) is 19.3 Å². The molecule has 2 fully saturated rings. The summed E-state index contributed by atoms with van der Waals surface area (Å²) in [5, 5.41) is 6.89. The summed E-state index contributed by atoms with van der Waals surface area (Å²) in [6, 6.07) is 5.10. The molecule has 0 spiro atoms. The largest absolute Gasteiger partial charge is 0.483 e. The molecule has 2 saturated heterocycles. The van der Waals surface area contributed by atoms with E-state index in [0.29, 0.717) is 25.7 Å². The number of carbonyl (C=O) groups excluding carboxylic acids is 2. The second-order valence-corrected chi connectivity index (χ2v) is 8.52. The molecule has 9 heteroatoms. The molecule has 30 heavy (non-hydrogen) atoms. The minimum absolute atomic E-state index is 0.00819. The quantitative estimate of drug-likeness (QED) is 0.689. The topological polar surface area (TPSA) is 103 Å². The first-order valence-electron chi connectivity index (χ1n) is 10.3. The van der Waals surface area contributed by atoms with Gasteiger partial charge in [0, 0.05) is 62.7 Å². The molecule has 1 aromatic heterocycles. The predicted octanol–water partition coefficient (Wildman–Crippen LogP) is 0.218. The van der Waals surface area contributed by atoms with Crippen LogP contribution >= 0.6 is 0 Å². The van der Waals surface area contributed by atoms with Crippen molar-refractivity contribution in [3.8, 4) is 0 Å². The molecule has 2 amide bonds. The van der Waals surface area contributed by atoms with Gasteiger partial charge in [0.15, 0.2) is 0 Å². The zero-order valence-electron chi connectivity index (χ0n) is 17.7. The molecular weight excluding hydrogens is 388 g/mol. The fourth-order valence-electron chi connectivity index (χ4n) is 5.06. The Morgan fingerprint density at radius 3 is 2.47 bits per heavy atom. The number of amides is 2. The van der Waals surface area contributed by atoms with Crippen LogP contribution in [0, 0.1) is 5.92 Å². The molecular formula is C21H30N4O5. The normalized spacial score (nSPS) is 27.2. The molecule has 0 saturated carbocycles. The highest BCUT2D eigenvalue weighted by molar-refractivity contribution is 5.82. The number of pyridine rings is 1. The van der Waals surface area contributed by atoms with Crippen LogP contribution in [0.25, 0.3) is 0 Å². The summed E-state index contributed by atoms with van der Waals surface area (Å²) in [5.74, 6) is 0.184. The third-order valence-corrected chi connectivity index (χ3v) is 6.55. The molecule has 1 N–H and O–H groups in total. The van der Waals surface area contributed by atoms with Crippen LogP contribution in [0.5, 0.6) is 0 Å². The number of likely N-dealkylation sites (N-methyl/N-ethyl adjacent to an activating group) is 1. The van der Waals surface area contributed by atoms with Crippen molar-refractivity contribution >= 4 is 18.3 Å².